The van der Waals surface area contributed by atoms with Gasteiger partial charge in [0.05, 0.1) is 22.2 Å². The highest BCUT2D eigenvalue weighted by atomic mass is 32.1. The summed E-state index contributed by atoms with van der Waals surface area (Å²) in [5.74, 6) is 0.488. The first kappa shape index (κ1) is 21.1. The number of hydrogen-bond acceptors (Lipinski definition) is 5. The molecule has 0 radical (unpaired) electrons. The highest BCUT2D eigenvalue weighted by Gasteiger charge is 2.36. The van der Waals surface area contributed by atoms with Crippen LogP contribution in [0.15, 0.2) is 70.2 Å². The van der Waals surface area contributed by atoms with Crippen LogP contribution in [-0.2, 0) is 0 Å². The zero-order chi connectivity index (χ0) is 23.1. The van der Waals surface area contributed by atoms with Gasteiger partial charge in [-0.3, -0.25) is 4.90 Å². The molecule has 6 nitrogen and oxygen atoms in total. The van der Waals surface area contributed by atoms with Gasteiger partial charge in [0.2, 0.25) is 5.82 Å². The fraction of sp³-hybridized carbons (Fsp3) is 0.160. The molecule has 2 amide bonds. The van der Waals surface area contributed by atoms with Gasteiger partial charge < -0.3 is 9.84 Å². The van der Waals surface area contributed by atoms with Gasteiger partial charge in [-0.15, -0.1) is 11.3 Å². The number of halogens is 1. The lowest BCUT2D eigenvalue weighted by Crippen LogP contribution is -2.46. The lowest BCUT2D eigenvalue weighted by molar-refractivity contribution is 0.244. The van der Waals surface area contributed by atoms with Crippen molar-refractivity contribution in [2.45, 2.75) is 26.8 Å². The molecule has 0 fully saturated rings. The van der Waals surface area contributed by atoms with Crippen molar-refractivity contribution in [1.29, 1.82) is 0 Å². The molecular formula is C25H21FN4O2S. The summed E-state index contributed by atoms with van der Waals surface area (Å²) in [5, 5.41) is 9.18. The Bertz CT molecular complexity index is 1360. The Morgan fingerprint density at radius 2 is 1.88 bits per heavy atom. The first-order valence-electron chi connectivity index (χ1n) is 10.4. The smallest absolute Gasteiger partial charge is 0.326 e. The number of carbonyl (C=O) groups excluding carboxylic acids is 1. The number of urea groups is 1. The van der Waals surface area contributed by atoms with Crippen molar-refractivity contribution in [3.05, 3.63) is 94.1 Å². The Balaban J connectivity index is 1.67. The average molecular weight is 461 g/mol. The Kier molecular flexibility index (Phi) is 5.30. The van der Waals surface area contributed by atoms with Gasteiger partial charge in [0, 0.05) is 5.70 Å². The molecule has 1 atom stereocenters. The zero-order valence-electron chi connectivity index (χ0n) is 18.3. The van der Waals surface area contributed by atoms with E-state index in [1.165, 1.54) is 22.3 Å². The van der Waals surface area contributed by atoms with Gasteiger partial charge in [0.1, 0.15) is 5.82 Å². The molecular weight excluding hydrogens is 439 g/mol. The molecule has 3 heterocycles. The third-order valence-corrected chi connectivity index (χ3v) is 6.56. The molecule has 33 heavy (non-hydrogen) atoms. The standard InChI is InChI=1S/C25H21FN4O2S/c1-14-6-8-17(9-7-14)22-21(24-28-23(29-32-24)20-5-4-12-33-20)16(3)30(25(31)27-22)18-10-11-19(26)15(2)13-18/h4-13,22H,1-3H3,(H,27,31). The summed E-state index contributed by atoms with van der Waals surface area (Å²) in [6.45, 7) is 5.51. The van der Waals surface area contributed by atoms with Crippen molar-refractivity contribution in [3.8, 4) is 10.7 Å². The van der Waals surface area contributed by atoms with Crippen molar-refractivity contribution in [2.24, 2.45) is 0 Å². The van der Waals surface area contributed by atoms with E-state index in [0.717, 1.165) is 16.0 Å². The quantitative estimate of drug-likeness (QED) is 0.390. The number of anilines is 1. The molecule has 1 unspecified atom stereocenters. The molecule has 0 spiro atoms. The predicted octanol–water partition coefficient (Wildman–Crippen LogP) is 6.26. The molecule has 0 bridgehead atoms. The first-order valence-corrected chi connectivity index (χ1v) is 11.3. The molecule has 0 saturated carbocycles. The van der Waals surface area contributed by atoms with E-state index in [4.69, 9.17) is 4.52 Å². The maximum absolute atomic E-state index is 13.9. The first-order chi connectivity index (χ1) is 15.9. The van der Waals surface area contributed by atoms with E-state index in [9.17, 15) is 9.18 Å². The van der Waals surface area contributed by atoms with Crippen molar-refractivity contribution in [1.82, 2.24) is 15.5 Å². The third kappa shape index (κ3) is 3.82. The molecule has 2 aromatic heterocycles. The normalized spacial score (nSPS) is 16.3. The number of benzene rings is 2. The van der Waals surface area contributed by atoms with Crippen LogP contribution in [0, 0.1) is 19.7 Å². The largest absolute Gasteiger partial charge is 0.334 e. The maximum Gasteiger partial charge on any atom is 0.326 e. The number of carbonyl (C=O) groups is 1. The minimum absolute atomic E-state index is 0.314. The van der Waals surface area contributed by atoms with Crippen LogP contribution in [0.5, 0.6) is 0 Å². The predicted molar refractivity (Wildman–Crippen MR) is 126 cm³/mol. The van der Waals surface area contributed by atoms with Crippen LogP contribution in [0.1, 0.15) is 35.5 Å². The van der Waals surface area contributed by atoms with Crippen LogP contribution in [0.2, 0.25) is 0 Å². The van der Waals surface area contributed by atoms with Gasteiger partial charge in [0.15, 0.2) is 0 Å². The third-order valence-electron chi connectivity index (χ3n) is 5.69. The molecule has 0 saturated heterocycles. The number of thiophene rings is 1. The topological polar surface area (TPSA) is 71.3 Å². The summed E-state index contributed by atoms with van der Waals surface area (Å²) >= 11 is 1.52. The molecule has 4 aromatic rings. The molecule has 5 rings (SSSR count). The Hall–Kier alpha value is -3.78. The second kappa shape index (κ2) is 8.29. The molecule has 1 N–H and O–H groups in total. The van der Waals surface area contributed by atoms with E-state index in [1.807, 2.05) is 55.6 Å². The number of aryl methyl sites for hydroxylation is 2. The van der Waals surface area contributed by atoms with Gasteiger partial charge in [-0.1, -0.05) is 41.1 Å². The SMILES string of the molecule is CC1=C(c2nc(-c3cccs3)no2)C(c2ccc(C)cc2)NC(=O)N1c1ccc(F)c(C)c1. The molecule has 166 valence electrons. The van der Waals surface area contributed by atoms with Crippen LogP contribution in [0.25, 0.3) is 16.3 Å². The number of nitrogens with one attached hydrogen (secondary N) is 1. The highest BCUT2D eigenvalue weighted by molar-refractivity contribution is 7.13. The number of allylic oxidation sites excluding steroid dienone is 1. The Morgan fingerprint density at radius 3 is 2.58 bits per heavy atom. The number of rotatable bonds is 4. The summed E-state index contributed by atoms with van der Waals surface area (Å²) in [7, 11) is 0. The van der Waals surface area contributed by atoms with Crippen molar-refractivity contribution in [3.63, 3.8) is 0 Å². The van der Waals surface area contributed by atoms with Gasteiger partial charge in [0.25, 0.3) is 5.89 Å². The average Bonchev–Trinajstić information content (AvgIpc) is 3.48. The van der Waals surface area contributed by atoms with E-state index in [2.05, 4.69) is 15.5 Å². The Labute approximate surface area is 194 Å². The van der Waals surface area contributed by atoms with Crippen molar-refractivity contribution >= 4 is 28.6 Å². The number of nitrogens with zero attached hydrogens (tertiary/aromatic N) is 3. The number of amides is 2. The van der Waals surface area contributed by atoms with Crippen LogP contribution < -0.4 is 10.2 Å². The number of hydrogen-bond donors (Lipinski definition) is 1. The van der Waals surface area contributed by atoms with Gasteiger partial charge in [-0.05, 0) is 61.5 Å². The lowest BCUT2D eigenvalue weighted by Gasteiger charge is -2.35. The molecule has 1 aliphatic rings. The van der Waals surface area contributed by atoms with Gasteiger partial charge >= 0.3 is 6.03 Å². The summed E-state index contributed by atoms with van der Waals surface area (Å²) in [4.78, 5) is 20.3. The molecule has 2 aromatic carbocycles. The Morgan fingerprint density at radius 1 is 1.09 bits per heavy atom. The van der Waals surface area contributed by atoms with Crippen LogP contribution in [-0.4, -0.2) is 16.2 Å². The van der Waals surface area contributed by atoms with Crippen LogP contribution >= 0.6 is 11.3 Å². The fourth-order valence-corrected chi connectivity index (χ4v) is 4.60. The lowest BCUT2D eigenvalue weighted by atomic mass is 9.94. The monoisotopic (exact) mass is 460 g/mol. The minimum Gasteiger partial charge on any atom is -0.334 e. The van der Waals surface area contributed by atoms with Crippen LogP contribution in [0.3, 0.4) is 0 Å². The van der Waals surface area contributed by atoms with E-state index in [-0.39, 0.29) is 11.8 Å². The fourth-order valence-electron chi connectivity index (χ4n) is 3.95. The minimum atomic E-state index is -0.479. The van der Waals surface area contributed by atoms with E-state index in [0.29, 0.717) is 34.2 Å². The van der Waals surface area contributed by atoms with Crippen molar-refractivity contribution < 1.29 is 13.7 Å². The number of aromatic nitrogens is 2. The van der Waals surface area contributed by atoms with E-state index in [1.54, 1.807) is 19.1 Å². The van der Waals surface area contributed by atoms with Gasteiger partial charge in [-0.2, -0.15) is 4.98 Å². The molecule has 8 heteroatoms. The summed E-state index contributed by atoms with van der Waals surface area (Å²) in [5.41, 5.74) is 4.35. The second-order valence-electron chi connectivity index (χ2n) is 7.96. The van der Waals surface area contributed by atoms with E-state index >= 15 is 0 Å². The van der Waals surface area contributed by atoms with Crippen molar-refractivity contribution in [2.75, 3.05) is 4.90 Å². The molecule has 1 aliphatic heterocycles. The zero-order valence-corrected chi connectivity index (χ0v) is 19.1. The second-order valence-corrected chi connectivity index (χ2v) is 8.91. The van der Waals surface area contributed by atoms with Gasteiger partial charge in [-0.25, -0.2) is 9.18 Å². The molecule has 0 aliphatic carbocycles. The highest BCUT2D eigenvalue weighted by Crippen LogP contribution is 2.39. The van der Waals surface area contributed by atoms with Crippen LogP contribution in [0.4, 0.5) is 14.9 Å². The maximum atomic E-state index is 13.9. The summed E-state index contributed by atoms with van der Waals surface area (Å²) in [6.07, 6.45) is 0. The summed E-state index contributed by atoms with van der Waals surface area (Å²) < 4.78 is 19.6. The summed E-state index contributed by atoms with van der Waals surface area (Å²) in [6, 6.07) is 15.6. The van der Waals surface area contributed by atoms with E-state index < -0.39 is 6.04 Å².